The Hall–Kier alpha value is -6.58. The van der Waals surface area contributed by atoms with Crippen molar-refractivity contribution in [3.63, 3.8) is 0 Å². The molecule has 2 heterocycles. The summed E-state index contributed by atoms with van der Waals surface area (Å²) in [5.74, 6) is 0. The lowest BCUT2D eigenvalue weighted by Crippen LogP contribution is -2.10. The first kappa shape index (κ1) is 27.5. The minimum atomic E-state index is 0.838. The van der Waals surface area contributed by atoms with E-state index in [2.05, 4.69) is 169 Å². The monoisotopic (exact) mass is 627 g/mol. The second-order valence-corrected chi connectivity index (χ2v) is 12.5. The highest BCUT2D eigenvalue weighted by atomic mass is 16.3. The fraction of sp³-hybridized carbons (Fsp3) is 0. The maximum absolute atomic E-state index is 6.92. The van der Waals surface area contributed by atoms with E-state index in [1.54, 1.807) is 0 Å². The minimum absolute atomic E-state index is 0.838. The number of hydrogen-bond acceptors (Lipinski definition) is 3. The van der Waals surface area contributed by atoms with Crippen LogP contribution in [0.4, 0.5) is 17.1 Å². The van der Waals surface area contributed by atoms with Crippen LogP contribution in [0.5, 0.6) is 0 Å². The molecule has 0 unspecified atom stereocenters. The molecule has 0 bridgehead atoms. The summed E-state index contributed by atoms with van der Waals surface area (Å²) in [6.07, 6.45) is 0. The summed E-state index contributed by atoms with van der Waals surface area (Å²) >= 11 is 0. The SMILES string of the molecule is c1ccc(-c2cc(-c3ccccc3)cc(N(c3ccc4c(c3)oc3ccccc34)c3cccc4c3oc3c5ccccc5ccc43)c2)cc1. The summed E-state index contributed by atoms with van der Waals surface area (Å²) in [6, 6.07) is 62.0. The van der Waals surface area contributed by atoms with Gasteiger partial charge in [0, 0.05) is 38.7 Å². The second-order valence-electron chi connectivity index (χ2n) is 12.5. The number of para-hydroxylation sites is 2. The van der Waals surface area contributed by atoms with Crippen LogP contribution in [0.15, 0.2) is 185 Å². The van der Waals surface area contributed by atoms with E-state index in [0.717, 1.165) is 94.0 Å². The van der Waals surface area contributed by atoms with Gasteiger partial charge in [0.1, 0.15) is 16.7 Å². The molecule has 230 valence electrons. The summed E-state index contributed by atoms with van der Waals surface area (Å²) in [6.45, 7) is 0. The van der Waals surface area contributed by atoms with E-state index in [4.69, 9.17) is 8.83 Å². The first-order valence-corrected chi connectivity index (χ1v) is 16.6. The van der Waals surface area contributed by atoms with Crippen molar-refractivity contribution >= 4 is 71.7 Å². The maximum atomic E-state index is 6.92. The van der Waals surface area contributed by atoms with E-state index >= 15 is 0 Å². The predicted molar refractivity (Wildman–Crippen MR) is 204 cm³/mol. The van der Waals surface area contributed by atoms with E-state index < -0.39 is 0 Å². The minimum Gasteiger partial charge on any atom is -0.456 e. The molecule has 10 rings (SSSR count). The molecule has 0 aliphatic heterocycles. The van der Waals surface area contributed by atoms with Gasteiger partial charge in [-0.3, -0.25) is 0 Å². The summed E-state index contributed by atoms with van der Waals surface area (Å²) in [4.78, 5) is 2.32. The van der Waals surface area contributed by atoms with Gasteiger partial charge in [-0.15, -0.1) is 0 Å². The lowest BCUT2D eigenvalue weighted by Gasteiger charge is -2.27. The van der Waals surface area contributed by atoms with Gasteiger partial charge in [-0.1, -0.05) is 121 Å². The highest BCUT2D eigenvalue weighted by Crippen LogP contribution is 2.46. The van der Waals surface area contributed by atoms with E-state index in [-0.39, 0.29) is 0 Å². The first-order chi connectivity index (χ1) is 24.3. The van der Waals surface area contributed by atoms with Crippen molar-refractivity contribution in [3.05, 3.63) is 176 Å². The van der Waals surface area contributed by atoms with Gasteiger partial charge in [-0.2, -0.15) is 0 Å². The zero-order valence-corrected chi connectivity index (χ0v) is 26.5. The van der Waals surface area contributed by atoms with E-state index in [1.807, 2.05) is 12.1 Å². The molecule has 10 aromatic rings. The lowest BCUT2D eigenvalue weighted by atomic mass is 9.97. The average Bonchev–Trinajstić information content (AvgIpc) is 3.74. The van der Waals surface area contributed by atoms with Crippen LogP contribution >= 0.6 is 0 Å². The van der Waals surface area contributed by atoms with Crippen molar-refractivity contribution < 1.29 is 8.83 Å². The molecule has 0 fully saturated rings. The Bertz CT molecular complexity index is 2770. The maximum Gasteiger partial charge on any atom is 0.159 e. The Kier molecular flexibility index (Phi) is 6.18. The molecule has 3 heteroatoms. The Morgan fingerprint density at radius 1 is 0.327 bits per heavy atom. The van der Waals surface area contributed by atoms with Gasteiger partial charge in [-0.05, 0) is 76.2 Å². The Balaban J connectivity index is 1.28. The molecule has 0 N–H and O–H groups in total. The Morgan fingerprint density at radius 3 is 1.71 bits per heavy atom. The van der Waals surface area contributed by atoms with Crippen LogP contribution in [0, 0.1) is 0 Å². The lowest BCUT2D eigenvalue weighted by molar-refractivity contribution is 0.668. The molecule has 2 aromatic heterocycles. The third kappa shape index (κ3) is 4.51. The fourth-order valence-electron chi connectivity index (χ4n) is 7.30. The highest BCUT2D eigenvalue weighted by molar-refractivity contribution is 6.17. The first-order valence-electron chi connectivity index (χ1n) is 16.6. The summed E-state index contributed by atoms with van der Waals surface area (Å²) in [7, 11) is 0. The van der Waals surface area contributed by atoms with Crippen LogP contribution in [0.2, 0.25) is 0 Å². The quantitative estimate of drug-likeness (QED) is 0.190. The standard InChI is InChI=1S/C46H29NO2/c1-3-12-30(13-4-1)33-26-34(31-14-5-2-6-15-31)28-36(27-33)47(35-23-25-39-38-18-9-10-21-43(38)48-44(39)29-35)42-20-11-19-40-41-24-22-32-16-7-8-17-37(32)45(41)49-46(40)42/h1-29H. The number of anilines is 3. The van der Waals surface area contributed by atoms with Gasteiger partial charge in [0.15, 0.2) is 5.58 Å². The van der Waals surface area contributed by atoms with Crippen molar-refractivity contribution in [2.24, 2.45) is 0 Å². The molecule has 0 aliphatic rings. The topological polar surface area (TPSA) is 29.5 Å². The molecule has 0 amide bonds. The molecule has 8 aromatic carbocycles. The van der Waals surface area contributed by atoms with Crippen molar-refractivity contribution in [1.82, 2.24) is 0 Å². The van der Waals surface area contributed by atoms with Gasteiger partial charge in [0.05, 0.1) is 11.4 Å². The Morgan fingerprint density at radius 2 is 0.939 bits per heavy atom. The number of benzene rings is 8. The van der Waals surface area contributed by atoms with Crippen LogP contribution in [0.1, 0.15) is 0 Å². The van der Waals surface area contributed by atoms with Gasteiger partial charge in [0.2, 0.25) is 0 Å². The second kappa shape index (κ2) is 11.0. The average molecular weight is 628 g/mol. The van der Waals surface area contributed by atoms with Crippen LogP contribution in [0.25, 0.3) is 76.9 Å². The number of fused-ring (bicyclic) bond motifs is 8. The molecule has 0 spiro atoms. The predicted octanol–water partition coefficient (Wildman–Crippen LogP) is 13.4. The van der Waals surface area contributed by atoms with Gasteiger partial charge in [0.25, 0.3) is 0 Å². The Labute approximate surface area is 282 Å². The molecule has 49 heavy (non-hydrogen) atoms. The van der Waals surface area contributed by atoms with Crippen molar-refractivity contribution in [1.29, 1.82) is 0 Å². The largest absolute Gasteiger partial charge is 0.456 e. The third-order valence-electron chi connectivity index (χ3n) is 9.62. The van der Waals surface area contributed by atoms with Crippen LogP contribution in [-0.2, 0) is 0 Å². The van der Waals surface area contributed by atoms with E-state index in [0.29, 0.717) is 0 Å². The van der Waals surface area contributed by atoms with E-state index in [1.165, 1.54) is 0 Å². The third-order valence-corrected chi connectivity index (χ3v) is 9.62. The zero-order chi connectivity index (χ0) is 32.3. The molecule has 0 atom stereocenters. The molecular weight excluding hydrogens is 599 g/mol. The van der Waals surface area contributed by atoms with Gasteiger partial charge < -0.3 is 13.7 Å². The number of furan rings is 2. The fourth-order valence-corrected chi connectivity index (χ4v) is 7.30. The normalized spacial score (nSPS) is 11.7. The molecular formula is C46H29NO2. The summed E-state index contributed by atoms with van der Waals surface area (Å²) < 4.78 is 13.4. The van der Waals surface area contributed by atoms with Crippen molar-refractivity contribution in [3.8, 4) is 22.3 Å². The summed E-state index contributed by atoms with van der Waals surface area (Å²) in [5, 5.41) is 6.65. The smallest absolute Gasteiger partial charge is 0.159 e. The summed E-state index contributed by atoms with van der Waals surface area (Å²) in [5.41, 5.74) is 11.0. The van der Waals surface area contributed by atoms with Crippen LogP contribution in [0.3, 0.4) is 0 Å². The van der Waals surface area contributed by atoms with Gasteiger partial charge >= 0.3 is 0 Å². The van der Waals surface area contributed by atoms with Crippen molar-refractivity contribution in [2.75, 3.05) is 4.90 Å². The van der Waals surface area contributed by atoms with Crippen LogP contribution < -0.4 is 4.90 Å². The van der Waals surface area contributed by atoms with Crippen molar-refractivity contribution in [2.45, 2.75) is 0 Å². The van der Waals surface area contributed by atoms with Crippen LogP contribution in [-0.4, -0.2) is 0 Å². The molecule has 0 radical (unpaired) electrons. The number of rotatable bonds is 5. The van der Waals surface area contributed by atoms with E-state index in [9.17, 15) is 0 Å². The number of hydrogen-bond donors (Lipinski definition) is 0. The molecule has 0 saturated heterocycles. The zero-order valence-electron chi connectivity index (χ0n) is 26.5. The number of nitrogens with zero attached hydrogens (tertiary/aromatic N) is 1. The molecule has 0 aliphatic carbocycles. The highest BCUT2D eigenvalue weighted by Gasteiger charge is 2.22. The molecule has 0 saturated carbocycles. The molecule has 3 nitrogen and oxygen atoms in total. The van der Waals surface area contributed by atoms with Gasteiger partial charge in [-0.25, -0.2) is 0 Å².